The number of amides is 4. The molecular weight excluding hydrogens is 377 g/mol. The van der Waals surface area contributed by atoms with Gasteiger partial charge in [-0.15, -0.1) is 5.06 Å². The van der Waals surface area contributed by atoms with Crippen LogP contribution in [0.5, 0.6) is 0 Å². The second kappa shape index (κ2) is 10.2. The zero-order valence-electron chi connectivity index (χ0n) is 16.4. The number of carbonyl (C=O) groups excluding carboxylic acids is 5. The zero-order valence-corrected chi connectivity index (χ0v) is 16.4. The van der Waals surface area contributed by atoms with E-state index in [1.807, 2.05) is 0 Å². The molecule has 0 aromatic heterocycles. The summed E-state index contributed by atoms with van der Waals surface area (Å²) in [5, 5.41) is 5.80. The third-order valence-electron chi connectivity index (χ3n) is 4.76. The summed E-state index contributed by atoms with van der Waals surface area (Å²) < 4.78 is 0. The van der Waals surface area contributed by atoms with Gasteiger partial charge in [-0.25, -0.2) is 4.79 Å². The predicted molar refractivity (Wildman–Crippen MR) is 97.3 cm³/mol. The topological polar surface area (TPSA) is 125 Å². The Labute approximate surface area is 163 Å². The van der Waals surface area contributed by atoms with Crippen molar-refractivity contribution in [2.24, 2.45) is 0 Å². The van der Waals surface area contributed by atoms with Gasteiger partial charge in [-0.2, -0.15) is 0 Å². The van der Waals surface area contributed by atoms with Gasteiger partial charge in [0.2, 0.25) is 11.8 Å². The molecule has 0 saturated carbocycles. The Balaban J connectivity index is 1.58. The first kappa shape index (κ1) is 21.8. The standard InChI is InChI=1S/C18H28N4O6/c1-12(2)21-11-3-4-13(21)18(27)20-9-7-14(23)19-10-8-17(26)28-22-15(24)5-6-16(22)25/h12-13H,3-11H2,1-2H3,(H,19,23)(H,20,27)/i1+1,2+1,3+1,4+1,11+1,12+1,13+1,20+1,21+1. The summed E-state index contributed by atoms with van der Waals surface area (Å²) in [5.74, 6) is -2.24. The quantitative estimate of drug-likeness (QED) is 0.300. The third-order valence-corrected chi connectivity index (χ3v) is 4.76. The number of carbonyl (C=O) groups is 5. The summed E-state index contributed by atoms with van der Waals surface area (Å²) in [4.78, 5) is 65.2. The number of imide groups is 1. The van der Waals surface area contributed by atoms with Crippen LogP contribution in [-0.2, 0) is 28.8 Å². The summed E-state index contributed by atoms with van der Waals surface area (Å²) in [6, 6.07) is 0.154. The Hall–Kier alpha value is -2.49. The van der Waals surface area contributed by atoms with E-state index in [1.165, 1.54) is 0 Å². The molecule has 0 bridgehead atoms. The van der Waals surface area contributed by atoms with Gasteiger partial charge in [0.25, 0.3) is 11.8 Å². The second-order valence-corrected chi connectivity index (χ2v) is 7.18. The van der Waals surface area contributed by atoms with E-state index in [9.17, 15) is 24.0 Å². The average molecular weight is 405 g/mol. The first-order valence-electron chi connectivity index (χ1n) is 9.66. The maximum Gasteiger partial charge on any atom is 0.334 e. The van der Waals surface area contributed by atoms with Gasteiger partial charge in [0.05, 0.1) is 12.5 Å². The molecule has 10 heteroatoms. The monoisotopic (exact) mass is 405 g/mol. The van der Waals surface area contributed by atoms with Gasteiger partial charge in [-0.1, -0.05) is 0 Å². The summed E-state index contributed by atoms with van der Waals surface area (Å²) in [6.45, 7) is 5.25. The molecule has 156 valence electrons. The third kappa shape index (κ3) is 6.01. The lowest BCUT2D eigenvalue weighted by Gasteiger charge is -2.27. The van der Waals surface area contributed by atoms with Gasteiger partial charge in [0.15, 0.2) is 0 Å². The molecule has 0 aliphatic carbocycles. The van der Waals surface area contributed by atoms with Crippen molar-refractivity contribution in [2.75, 3.05) is 19.6 Å². The number of hydrogen-bond acceptors (Lipinski definition) is 7. The minimum Gasteiger partial charge on any atom is -0.355 e. The minimum absolute atomic E-state index is 0.0194. The average Bonchev–Trinajstić information content (AvgIpc) is 3.24. The number of nitrogens with zero attached hydrogens (tertiary/aromatic N) is 2. The van der Waals surface area contributed by atoms with E-state index in [1.54, 1.807) is 0 Å². The molecule has 2 fully saturated rings. The highest BCUT2D eigenvalue weighted by Gasteiger charge is 2.33. The fourth-order valence-corrected chi connectivity index (χ4v) is 3.30. The largest absolute Gasteiger partial charge is 0.355 e. The molecule has 0 radical (unpaired) electrons. The maximum absolute atomic E-state index is 12.3. The van der Waals surface area contributed by atoms with E-state index in [4.69, 9.17) is 4.84 Å². The first-order valence-corrected chi connectivity index (χ1v) is 9.66. The Kier molecular flexibility index (Phi) is 7.91. The van der Waals surface area contributed by atoms with Crippen molar-refractivity contribution < 1.29 is 28.8 Å². The van der Waals surface area contributed by atoms with Gasteiger partial charge < -0.3 is 15.5 Å². The molecule has 4 amide bonds. The van der Waals surface area contributed by atoms with Crippen molar-refractivity contribution in [1.82, 2.24) is 20.6 Å². The van der Waals surface area contributed by atoms with Crippen molar-refractivity contribution in [3.63, 3.8) is 0 Å². The van der Waals surface area contributed by atoms with Crippen molar-refractivity contribution in [3.8, 4) is 0 Å². The van der Waals surface area contributed by atoms with Crippen molar-refractivity contribution in [2.45, 2.75) is 64.5 Å². The lowest BCUT2D eigenvalue weighted by atomic mass is 10.4. The summed E-state index contributed by atoms with van der Waals surface area (Å²) in [7, 11) is 0. The Morgan fingerprint density at radius 2 is 1.71 bits per heavy atom. The van der Waals surface area contributed by atoms with Crippen LogP contribution in [0.4, 0.5) is 0 Å². The first-order chi connectivity index (χ1) is 13.3. The minimum atomic E-state index is -0.771. The van der Waals surface area contributed by atoms with Crippen LogP contribution in [0, 0.1) is 0 Å². The SMILES string of the molecule is [13CH3][13CH]([13CH3])[15N]1[13CH2][13CH2][13CH2][13CH]1C(=O)[15NH]CCC(=O)NCCC(=O)ON1C(=O)CCC1=O. The normalized spacial score (nSPS) is 20.0. The van der Waals surface area contributed by atoms with Crippen LogP contribution >= 0.6 is 0 Å². The molecule has 0 aromatic rings. The predicted octanol–water partition coefficient (Wildman–Crippen LogP) is -0.521. The fraction of sp³-hybridized carbons (Fsp3) is 0.722. The van der Waals surface area contributed by atoms with Crippen molar-refractivity contribution >= 4 is 29.6 Å². The van der Waals surface area contributed by atoms with E-state index in [-0.39, 0.29) is 56.6 Å². The fourth-order valence-electron chi connectivity index (χ4n) is 3.30. The van der Waals surface area contributed by atoms with Gasteiger partial charge in [-0.3, -0.25) is 24.1 Å². The molecule has 0 spiro atoms. The molecular formula is C18H28N4O6. The molecule has 2 N–H and O–H groups in total. The van der Waals surface area contributed by atoms with Crippen LogP contribution in [0.1, 0.15) is 52.4 Å². The second-order valence-electron chi connectivity index (χ2n) is 7.18. The van der Waals surface area contributed by atoms with E-state index in [0.717, 1.165) is 19.4 Å². The lowest BCUT2D eigenvalue weighted by Crippen LogP contribution is -2.46. The van der Waals surface area contributed by atoms with Crippen LogP contribution in [-0.4, -0.2) is 71.3 Å². The molecule has 0 aromatic carbocycles. The van der Waals surface area contributed by atoms with Gasteiger partial charge >= 0.3 is 5.97 Å². The number of hydrogen-bond donors (Lipinski definition) is 2. The molecule has 28 heavy (non-hydrogen) atoms. The van der Waals surface area contributed by atoms with E-state index >= 15 is 0 Å². The maximum atomic E-state index is 12.3. The van der Waals surface area contributed by atoms with Gasteiger partial charge in [-0.05, 0) is 33.2 Å². The van der Waals surface area contributed by atoms with E-state index < -0.39 is 17.8 Å². The van der Waals surface area contributed by atoms with Crippen LogP contribution in [0.2, 0.25) is 0 Å². The van der Waals surface area contributed by atoms with Crippen LogP contribution in [0.3, 0.4) is 0 Å². The highest BCUT2D eigenvalue weighted by atomic mass is 16.7. The van der Waals surface area contributed by atoms with Crippen LogP contribution in [0.25, 0.3) is 0 Å². The lowest BCUT2D eigenvalue weighted by molar-refractivity contribution is -0.197. The Morgan fingerprint density at radius 3 is 2.36 bits per heavy atom. The van der Waals surface area contributed by atoms with Crippen molar-refractivity contribution in [1.29, 1.82) is 0 Å². The van der Waals surface area contributed by atoms with Crippen molar-refractivity contribution in [3.05, 3.63) is 0 Å². The number of rotatable bonds is 9. The van der Waals surface area contributed by atoms with Crippen LogP contribution < -0.4 is 10.6 Å². The van der Waals surface area contributed by atoms with E-state index in [2.05, 4.69) is 29.4 Å². The van der Waals surface area contributed by atoms with E-state index in [0.29, 0.717) is 11.1 Å². The number of hydroxylamine groups is 2. The highest BCUT2D eigenvalue weighted by Crippen LogP contribution is 2.19. The van der Waals surface area contributed by atoms with Crippen LogP contribution in [0.15, 0.2) is 0 Å². The highest BCUT2D eigenvalue weighted by molar-refractivity contribution is 6.01. The summed E-state index contributed by atoms with van der Waals surface area (Å²) >= 11 is 0. The smallest absolute Gasteiger partial charge is 0.334 e. The Bertz CT molecular complexity index is 620. The molecule has 2 aliphatic rings. The molecule has 10 nitrogen and oxygen atoms in total. The number of likely N-dealkylation sites (tertiary alicyclic amines) is 1. The Morgan fingerprint density at radius 1 is 1.07 bits per heavy atom. The number of nitrogens with one attached hydrogen (secondary N) is 2. The molecule has 2 heterocycles. The molecule has 2 rings (SSSR count). The molecule has 1 unspecified atom stereocenters. The summed E-state index contributed by atoms with van der Waals surface area (Å²) in [5.41, 5.74) is 0. The zero-order chi connectivity index (χ0) is 20.7. The summed E-state index contributed by atoms with van der Waals surface area (Å²) in [6.07, 6.45) is 1.80. The molecule has 1 atom stereocenters. The van der Waals surface area contributed by atoms with Gasteiger partial charge in [0, 0.05) is 38.4 Å². The molecule has 2 aliphatic heterocycles. The van der Waals surface area contributed by atoms with Gasteiger partial charge in [0.1, 0.15) is 0 Å². The molecule has 2 saturated heterocycles.